The molecule has 0 aliphatic carbocycles. The van der Waals surface area contributed by atoms with Crippen molar-refractivity contribution in [3.63, 3.8) is 0 Å². The highest BCUT2D eigenvalue weighted by atomic mass is 79.9. The van der Waals surface area contributed by atoms with E-state index in [4.69, 9.17) is 0 Å². The Morgan fingerprint density at radius 3 is 2.43 bits per heavy atom. The summed E-state index contributed by atoms with van der Waals surface area (Å²) in [6, 6.07) is 15.6. The highest BCUT2D eigenvalue weighted by Crippen LogP contribution is 2.35. The average molecular weight is 437 g/mol. The molecule has 0 spiro atoms. The van der Waals surface area contributed by atoms with Crippen molar-refractivity contribution in [3.05, 3.63) is 75.5 Å². The van der Waals surface area contributed by atoms with Crippen molar-refractivity contribution in [1.82, 2.24) is 9.97 Å². The number of nitrogens with one attached hydrogen (secondary N) is 1. The molecule has 0 radical (unpaired) electrons. The summed E-state index contributed by atoms with van der Waals surface area (Å²) in [5, 5.41) is 3.20. The van der Waals surface area contributed by atoms with Crippen LogP contribution in [0.3, 0.4) is 0 Å². The van der Waals surface area contributed by atoms with E-state index >= 15 is 0 Å². The zero-order valence-corrected chi connectivity index (χ0v) is 17.6. The first-order valence-electron chi connectivity index (χ1n) is 9.22. The van der Waals surface area contributed by atoms with E-state index in [9.17, 15) is 4.79 Å². The van der Waals surface area contributed by atoms with Gasteiger partial charge in [-0.15, -0.1) is 0 Å². The van der Waals surface area contributed by atoms with Gasteiger partial charge in [-0.25, -0.2) is 9.97 Å². The molecule has 1 unspecified atom stereocenters. The number of hydrogen-bond acceptors (Lipinski definition) is 4. The molecule has 1 aliphatic heterocycles. The summed E-state index contributed by atoms with van der Waals surface area (Å²) in [6.07, 6.45) is 0.865. The topological polar surface area (TPSA) is 58.1 Å². The van der Waals surface area contributed by atoms with E-state index in [0.29, 0.717) is 11.5 Å². The van der Waals surface area contributed by atoms with Crippen LogP contribution in [0.15, 0.2) is 53.0 Å². The van der Waals surface area contributed by atoms with Gasteiger partial charge in [0.1, 0.15) is 0 Å². The zero-order chi connectivity index (χ0) is 19.8. The number of benzene rings is 2. The van der Waals surface area contributed by atoms with Crippen molar-refractivity contribution in [2.24, 2.45) is 0 Å². The van der Waals surface area contributed by atoms with Crippen LogP contribution in [0.4, 0.5) is 17.3 Å². The summed E-state index contributed by atoms with van der Waals surface area (Å²) in [6.45, 7) is 5.96. The number of anilines is 3. The summed E-state index contributed by atoms with van der Waals surface area (Å²) in [5.41, 5.74) is 5.52. The molecule has 1 amide bonds. The molecule has 5 nitrogen and oxygen atoms in total. The lowest BCUT2D eigenvalue weighted by Gasteiger charge is -2.23. The summed E-state index contributed by atoms with van der Waals surface area (Å²) in [5.74, 6) is 0.576. The smallest absolute Gasteiger partial charge is 0.258 e. The van der Waals surface area contributed by atoms with Crippen LogP contribution < -0.4 is 10.2 Å². The number of carbonyl (C=O) groups is 1. The van der Waals surface area contributed by atoms with E-state index in [0.717, 1.165) is 33.7 Å². The Labute approximate surface area is 173 Å². The molecule has 2 heterocycles. The fourth-order valence-corrected chi connectivity index (χ4v) is 4.06. The quantitative estimate of drug-likeness (QED) is 0.613. The second-order valence-corrected chi connectivity index (χ2v) is 8.09. The van der Waals surface area contributed by atoms with Crippen LogP contribution in [0.25, 0.3) is 0 Å². The van der Waals surface area contributed by atoms with E-state index in [2.05, 4.69) is 44.2 Å². The normalized spacial score (nSPS) is 15.4. The molecule has 3 aromatic rings. The molecule has 2 aromatic carbocycles. The third kappa shape index (κ3) is 3.64. The summed E-state index contributed by atoms with van der Waals surface area (Å²) < 4.78 is 1.04. The lowest BCUT2D eigenvalue weighted by Crippen LogP contribution is -2.35. The Kier molecular flexibility index (Phi) is 4.89. The molecular formula is C22H21BrN4O. The largest absolute Gasteiger partial charge is 0.324 e. The Bertz CT molecular complexity index is 1030. The van der Waals surface area contributed by atoms with Gasteiger partial charge < -0.3 is 10.2 Å². The van der Waals surface area contributed by atoms with Gasteiger partial charge >= 0.3 is 0 Å². The third-order valence-corrected chi connectivity index (χ3v) is 5.34. The number of rotatable bonds is 3. The molecule has 4 rings (SSSR count). The van der Waals surface area contributed by atoms with Gasteiger partial charge in [0.2, 0.25) is 5.95 Å². The molecule has 0 fully saturated rings. The molecule has 142 valence electrons. The van der Waals surface area contributed by atoms with Gasteiger partial charge in [-0.1, -0.05) is 15.9 Å². The Morgan fingerprint density at radius 2 is 1.75 bits per heavy atom. The average Bonchev–Trinajstić information content (AvgIpc) is 2.95. The van der Waals surface area contributed by atoms with Gasteiger partial charge in [0.05, 0.1) is 0 Å². The van der Waals surface area contributed by atoms with E-state index < -0.39 is 0 Å². The van der Waals surface area contributed by atoms with Crippen molar-refractivity contribution in [2.75, 3.05) is 10.2 Å². The second kappa shape index (κ2) is 7.36. The fourth-order valence-electron chi connectivity index (χ4n) is 3.66. The Hall–Kier alpha value is -2.73. The van der Waals surface area contributed by atoms with Gasteiger partial charge in [0.15, 0.2) is 0 Å². The fraction of sp³-hybridized carbons (Fsp3) is 0.227. The van der Waals surface area contributed by atoms with Crippen molar-refractivity contribution in [3.8, 4) is 0 Å². The number of nitrogens with zero attached hydrogens (tertiary/aromatic N) is 3. The molecule has 0 bridgehead atoms. The number of amides is 1. The van der Waals surface area contributed by atoms with Crippen LogP contribution in [0, 0.1) is 13.8 Å². The highest BCUT2D eigenvalue weighted by Gasteiger charge is 2.31. The summed E-state index contributed by atoms with van der Waals surface area (Å²) in [7, 11) is 0. The van der Waals surface area contributed by atoms with Crippen molar-refractivity contribution < 1.29 is 4.79 Å². The minimum atomic E-state index is 0.0165. The molecule has 6 heteroatoms. The monoisotopic (exact) mass is 436 g/mol. The molecular weight excluding hydrogens is 416 g/mol. The summed E-state index contributed by atoms with van der Waals surface area (Å²) in [4.78, 5) is 23.8. The van der Waals surface area contributed by atoms with Gasteiger partial charge in [-0.3, -0.25) is 4.79 Å². The standard InChI is InChI=1S/C22H21BrN4O/c1-13-10-14(2)25-22(24-13)26-19-7-4-16(5-8-19)21(28)27-15(3)11-17-12-18(23)6-9-20(17)27/h4-10,12,15H,11H2,1-3H3,(H,24,25,26). The SMILES string of the molecule is Cc1cc(C)nc(Nc2ccc(C(=O)N3c4ccc(Br)cc4CC3C)cc2)n1. The minimum absolute atomic E-state index is 0.0165. The van der Waals surface area contributed by atoms with Gasteiger partial charge in [-0.2, -0.15) is 0 Å². The second-order valence-electron chi connectivity index (χ2n) is 7.18. The predicted molar refractivity (Wildman–Crippen MR) is 115 cm³/mol. The van der Waals surface area contributed by atoms with E-state index in [1.165, 1.54) is 5.56 Å². The zero-order valence-electron chi connectivity index (χ0n) is 16.0. The van der Waals surface area contributed by atoms with Crippen LogP contribution in [0.5, 0.6) is 0 Å². The van der Waals surface area contributed by atoms with Crippen molar-refractivity contribution >= 4 is 39.2 Å². The summed E-state index contributed by atoms with van der Waals surface area (Å²) >= 11 is 3.51. The van der Waals surface area contributed by atoms with E-state index in [1.54, 1.807) is 0 Å². The van der Waals surface area contributed by atoms with E-state index in [1.807, 2.05) is 61.2 Å². The van der Waals surface area contributed by atoms with Crippen LogP contribution in [-0.2, 0) is 6.42 Å². The van der Waals surface area contributed by atoms with Gasteiger partial charge in [0, 0.05) is 38.8 Å². The molecule has 1 atom stereocenters. The maximum atomic E-state index is 13.1. The van der Waals surface area contributed by atoms with Gasteiger partial charge in [-0.05, 0) is 81.3 Å². The number of hydrogen-bond donors (Lipinski definition) is 1. The Balaban J connectivity index is 1.55. The minimum Gasteiger partial charge on any atom is -0.324 e. The van der Waals surface area contributed by atoms with Crippen molar-refractivity contribution in [2.45, 2.75) is 33.2 Å². The van der Waals surface area contributed by atoms with Gasteiger partial charge in [0.25, 0.3) is 5.91 Å². The molecule has 0 saturated carbocycles. The maximum absolute atomic E-state index is 13.1. The number of fused-ring (bicyclic) bond motifs is 1. The number of aromatic nitrogens is 2. The van der Waals surface area contributed by atoms with Crippen LogP contribution >= 0.6 is 15.9 Å². The molecule has 1 N–H and O–H groups in total. The lowest BCUT2D eigenvalue weighted by atomic mass is 10.1. The molecule has 28 heavy (non-hydrogen) atoms. The Morgan fingerprint density at radius 1 is 1.07 bits per heavy atom. The van der Waals surface area contributed by atoms with Crippen LogP contribution in [-0.4, -0.2) is 21.9 Å². The van der Waals surface area contributed by atoms with Crippen LogP contribution in [0.2, 0.25) is 0 Å². The first kappa shape index (κ1) is 18.6. The lowest BCUT2D eigenvalue weighted by molar-refractivity contribution is 0.0981. The van der Waals surface area contributed by atoms with Crippen molar-refractivity contribution in [1.29, 1.82) is 0 Å². The first-order chi connectivity index (χ1) is 13.4. The molecule has 1 aromatic heterocycles. The number of carbonyl (C=O) groups excluding carboxylic acids is 1. The van der Waals surface area contributed by atoms with E-state index in [-0.39, 0.29) is 11.9 Å². The predicted octanol–water partition coefficient (Wildman–Crippen LogP) is 5.19. The molecule has 1 aliphatic rings. The maximum Gasteiger partial charge on any atom is 0.258 e. The number of aryl methyl sites for hydroxylation is 2. The molecule has 0 saturated heterocycles. The third-order valence-electron chi connectivity index (χ3n) is 4.85. The number of halogens is 1. The van der Waals surface area contributed by atoms with Crippen LogP contribution in [0.1, 0.15) is 34.2 Å². The highest BCUT2D eigenvalue weighted by molar-refractivity contribution is 9.10. The first-order valence-corrected chi connectivity index (χ1v) is 10.0.